The van der Waals surface area contributed by atoms with Crippen molar-refractivity contribution in [1.82, 2.24) is 0 Å². The molecule has 0 bridgehead atoms. The molecule has 0 N–H and O–H groups in total. The Morgan fingerprint density at radius 3 is 1.86 bits per heavy atom. The fourth-order valence-corrected chi connectivity index (χ4v) is 4.02. The van der Waals surface area contributed by atoms with Gasteiger partial charge in [-0.15, -0.1) is 18.5 Å². The van der Waals surface area contributed by atoms with Gasteiger partial charge in [0.15, 0.2) is 0 Å². The van der Waals surface area contributed by atoms with E-state index in [9.17, 15) is 0 Å². The molecule has 29 heavy (non-hydrogen) atoms. The van der Waals surface area contributed by atoms with Crippen LogP contribution in [0.4, 0.5) is 4.39 Å². The molecule has 0 saturated carbocycles. The number of hydrogen-bond acceptors (Lipinski definition) is 2. The van der Waals surface area contributed by atoms with Crippen molar-refractivity contribution in [2.45, 2.75) is 25.5 Å². The lowest BCUT2D eigenvalue weighted by Gasteiger charge is -2.17. The summed E-state index contributed by atoms with van der Waals surface area (Å²) in [5.41, 5.74) is 7.67. The monoisotopic (exact) mass is 428 g/mol. The van der Waals surface area contributed by atoms with Gasteiger partial charge in [0.25, 0.3) is 0 Å². The van der Waals surface area contributed by atoms with Crippen LogP contribution in [-0.4, -0.2) is 14.2 Å². The van der Waals surface area contributed by atoms with Gasteiger partial charge in [-0.1, -0.05) is 42.5 Å². The van der Waals surface area contributed by atoms with Crippen LogP contribution in [0.2, 0.25) is 0 Å². The van der Waals surface area contributed by atoms with Crippen LogP contribution in [0, 0.1) is 5.82 Å². The molecule has 2 nitrogen and oxygen atoms in total. The molecule has 5 heteroatoms. The predicted octanol–water partition coefficient (Wildman–Crippen LogP) is 6.20. The largest absolute Gasteiger partial charge is 0.380 e. The normalized spacial score (nSPS) is 11.1. The van der Waals surface area contributed by atoms with E-state index in [0.717, 1.165) is 40.1 Å². The van der Waals surface area contributed by atoms with E-state index in [2.05, 4.69) is 36.7 Å². The highest BCUT2D eigenvalue weighted by Crippen LogP contribution is 2.35. The standard InChI is InChI=1S/C24H27FO2P2/c1-26-12-19-9-17(15-29)5-8-21(19)22-11-24(25)23(10-20(22)13-27-2)18-6-3-16(14-28)4-7-18/h3-11H,12-15,28-29H2,1-2H3. The van der Waals surface area contributed by atoms with Gasteiger partial charge in [0, 0.05) is 19.8 Å². The van der Waals surface area contributed by atoms with E-state index in [0.29, 0.717) is 18.8 Å². The van der Waals surface area contributed by atoms with Crippen molar-refractivity contribution in [2.24, 2.45) is 0 Å². The maximum absolute atomic E-state index is 15.2. The van der Waals surface area contributed by atoms with Crippen LogP contribution < -0.4 is 0 Å². The molecule has 2 atom stereocenters. The van der Waals surface area contributed by atoms with Gasteiger partial charge in [-0.3, -0.25) is 0 Å². The molecule has 0 fully saturated rings. The lowest BCUT2D eigenvalue weighted by molar-refractivity contribution is 0.184. The highest BCUT2D eigenvalue weighted by Gasteiger charge is 2.16. The Hall–Kier alpha value is -1.63. The van der Waals surface area contributed by atoms with Crippen LogP contribution in [0.5, 0.6) is 0 Å². The van der Waals surface area contributed by atoms with Crippen molar-refractivity contribution in [3.63, 3.8) is 0 Å². The zero-order chi connectivity index (χ0) is 20.8. The summed E-state index contributed by atoms with van der Waals surface area (Å²) < 4.78 is 26.1. The van der Waals surface area contributed by atoms with E-state index in [-0.39, 0.29) is 5.82 Å². The Morgan fingerprint density at radius 1 is 0.690 bits per heavy atom. The minimum Gasteiger partial charge on any atom is -0.380 e. The SMILES string of the molecule is COCc1cc(CP)ccc1-c1cc(F)c(-c2ccc(CP)cc2)cc1COC. The average Bonchev–Trinajstić information content (AvgIpc) is 2.75. The molecule has 0 heterocycles. The first-order chi connectivity index (χ1) is 14.1. The van der Waals surface area contributed by atoms with Crippen LogP contribution in [0.25, 0.3) is 22.3 Å². The van der Waals surface area contributed by atoms with Crippen molar-refractivity contribution < 1.29 is 13.9 Å². The molecule has 3 rings (SSSR count). The predicted molar refractivity (Wildman–Crippen MR) is 126 cm³/mol. The Bertz CT molecular complexity index is 971. The summed E-state index contributed by atoms with van der Waals surface area (Å²) in [4.78, 5) is 0. The summed E-state index contributed by atoms with van der Waals surface area (Å²) >= 11 is 0. The first-order valence-electron chi connectivity index (χ1n) is 9.53. The van der Waals surface area contributed by atoms with E-state index >= 15 is 4.39 Å². The second kappa shape index (κ2) is 10.4. The molecule has 3 aromatic carbocycles. The molecule has 0 spiro atoms. The third kappa shape index (κ3) is 5.11. The Balaban J connectivity index is 2.13. The highest BCUT2D eigenvalue weighted by molar-refractivity contribution is 7.15. The van der Waals surface area contributed by atoms with Gasteiger partial charge >= 0.3 is 0 Å². The van der Waals surface area contributed by atoms with Crippen LogP contribution in [0.3, 0.4) is 0 Å². The van der Waals surface area contributed by atoms with Crippen LogP contribution in [0.1, 0.15) is 22.3 Å². The van der Waals surface area contributed by atoms with Crippen molar-refractivity contribution in [3.8, 4) is 22.3 Å². The topological polar surface area (TPSA) is 18.5 Å². The van der Waals surface area contributed by atoms with Gasteiger partial charge in [-0.05, 0) is 63.4 Å². The Morgan fingerprint density at radius 2 is 1.28 bits per heavy atom. The van der Waals surface area contributed by atoms with Crippen LogP contribution in [0.15, 0.2) is 54.6 Å². The van der Waals surface area contributed by atoms with Crippen molar-refractivity contribution >= 4 is 18.5 Å². The molecular formula is C24H27FO2P2. The summed E-state index contributed by atoms with van der Waals surface area (Å²) in [6, 6.07) is 17.8. The second-order valence-corrected chi connectivity index (χ2v) is 7.77. The number of hydrogen-bond donors (Lipinski definition) is 0. The molecule has 3 aromatic rings. The molecule has 0 saturated heterocycles. The fourth-order valence-electron chi connectivity index (χ4n) is 3.50. The number of rotatable bonds is 8. The summed E-state index contributed by atoms with van der Waals surface area (Å²) in [6.07, 6.45) is 1.74. The fraction of sp³-hybridized carbons (Fsp3) is 0.250. The van der Waals surface area contributed by atoms with Gasteiger partial charge in [-0.2, -0.15) is 0 Å². The Kier molecular flexibility index (Phi) is 7.92. The van der Waals surface area contributed by atoms with Crippen LogP contribution in [-0.2, 0) is 35.0 Å². The van der Waals surface area contributed by atoms with Gasteiger partial charge < -0.3 is 9.47 Å². The maximum Gasteiger partial charge on any atom is 0.131 e. The van der Waals surface area contributed by atoms with Crippen molar-refractivity contribution in [2.75, 3.05) is 14.2 Å². The number of methoxy groups -OCH3 is 2. The zero-order valence-corrected chi connectivity index (χ0v) is 19.2. The quantitative estimate of drug-likeness (QED) is 0.398. The van der Waals surface area contributed by atoms with Crippen LogP contribution >= 0.6 is 18.5 Å². The molecule has 0 amide bonds. The minimum atomic E-state index is -0.239. The number of benzene rings is 3. The van der Waals surface area contributed by atoms with Gasteiger partial charge in [0.05, 0.1) is 13.2 Å². The molecule has 2 unspecified atom stereocenters. The third-order valence-corrected chi connectivity index (χ3v) is 5.93. The van der Waals surface area contributed by atoms with E-state index in [1.54, 1.807) is 20.3 Å². The molecule has 0 aliphatic carbocycles. The summed E-state index contributed by atoms with van der Waals surface area (Å²) in [5, 5.41) is 0. The van der Waals surface area contributed by atoms with E-state index < -0.39 is 0 Å². The highest BCUT2D eigenvalue weighted by atomic mass is 31.0. The number of ether oxygens (including phenoxy) is 2. The molecule has 0 aromatic heterocycles. The first kappa shape index (κ1) is 22.1. The van der Waals surface area contributed by atoms with Gasteiger partial charge in [0.1, 0.15) is 5.82 Å². The molecule has 0 radical (unpaired) electrons. The van der Waals surface area contributed by atoms with E-state index in [1.807, 2.05) is 30.3 Å². The van der Waals surface area contributed by atoms with Gasteiger partial charge in [0.2, 0.25) is 0 Å². The lowest BCUT2D eigenvalue weighted by atomic mass is 9.91. The smallest absolute Gasteiger partial charge is 0.131 e. The maximum atomic E-state index is 15.2. The van der Waals surface area contributed by atoms with E-state index in [1.165, 1.54) is 11.1 Å². The van der Waals surface area contributed by atoms with E-state index in [4.69, 9.17) is 9.47 Å². The first-order valence-corrected chi connectivity index (χ1v) is 11.2. The third-order valence-electron chi connectivity index (χ3n) is 4.99. The molecule has 152 valence electrons. The molecular weight excluding hydrogens is 401 g/mol. The molecule has 0 aliphatic heterocycles. The van der Waals surface area contributed by atoms with Gasteiger partial charge in [-0.25, -0.2) is 4.39 Å². The second-order valence-electron chi connectivity index (χ2n) is 6.95. The molecule has 0 aliphatic rings. The minimum absolute atomic E-state index is 0.239. The number of halogens is 1. The summed E-state index contributed by atoms with van der Waals surface area (Å²) in [6.45, 7) is 0.879. The van der Waals surface area contributed by atoms with Crippen molar-refractivity contribution in [3.05, 3.63) is 82.7 Å². The lowest BCUT2D eigenvalue weighted by Crippen LogP contribution is -2.00. The Labute approximate surface area is 177 Å². The van der Waals surface area contributed by atoms with Crippen molar-refractivity contribution in [1.29, 1.82) is 0 Å². The zero-order valence-electron chi connectivity index (χ0n) is 16.9. The summed E-state index contributed by atoms with van der Waals surface area (Å²) in [7, 11) is 8.78. The average molecular weight is 428 g/mol. The summed E-state index contributed by atoms with van der Waals surface area (Å²) in [5.74, 6) is -0.239.